The minimum absolute atomic E-state index is 0.0826. The molecule has 0 aliphatic rings. The van der Waals surface area contributed by atoms with Crippen LogP contribution in [0, 0.1) is 0 Å². The summed E-state index contributed by atoms with van der Waals surface area (Å²) in [6.45, 7) is 10.1. The summed E-state index contributed by atoms with van der Waals surface area (Å²) in [5.74, 6) is -1.04. The fourth-order valence-corrected chi connectivity index (χ4v) is 1.45. The second-order valence-corrected chi connectivity index (χ2v) is 3.77. The van der Waals surface area contributed by atoms with Gasteiger partial charge in [-0.3, -0.25) is 0 Å². The lowest BCUT2D eigenvalue weighted by Gasteiger charge is -2.13. The minimum Gasteiger partial charge on any atom is -0.478 e. The second kappa shape index (κ2) is 8.36. The third-order valence-electron chi connectivity index (χ3n) is 2.65. The quantitative estimate of drug-likeness (QED) is 0.713. The summed E-state index contributed by atoms with van der Waals surface area (Å²) in [5.41, 5.74) is 11.5. The van der Waals surface area contributed by atoms with Crippen LogP contribution in [0.1, 0.15) is 31.1 Å². The highest BCUT2D eigenvalue weighted by Gasteiger charge is 2.05. The average Bonchev–Trinajstić information content (AvgIpc) is 2.31. The van der Waals surface area contributed by atoms with Crippen molar-refractivity contribution < 1.29 is 9.90 Å². The van der Waals surface area contributed by atoms with Gasteiger partial charge in [-0.25, -0.2) is 4.79 Å². The number of rotatable bonds is 4. The molecule has 0 aliphatic heterocycles. The van der Waals surface area contributed by atoms with E-state index in [0.717, 1.165) is 0 Å². The van der Waals surface area contributed by atoms with Gasteiger partial charge in [-0.05, 0) is 37.8 Å². The normalized spacial score (nSPS) is 9.78. The van der Waals surface area contributed by atoms with Gasteiger partial charge in [0, 0.05) is 11.4 Å². The van der Waals surface area contributed by atoms with E-state index in [0.29, 0.717) is 5.69 Å². The zero-order chi connectivity index (χ0) is 14.1. The summed E-state index contributed by atoms with van der Waals surface area (Å²) in [4.78, 5) is 12.8. The molecule has 102 valence electrons. The van der Waals surface area contributed by atoms with Crippen LogP contribution in [-0.4, -0.2) is 35.6 Å². The molecule has 1 aromatic carbocycles. The Hall–Kier alpha value is -1.75. The van der Waals surface area contributed by atoms with Gasteiger partial charge in [0.05, 0.1) is 5.56 Å². The van der Waals surface area contributed by atoms with Crippen LogP contribution >= 0.6 is 0 Å². The summed E-state index contributed by atoms with van der Waals surface area (Å²) >= 11 is 0. The van der Waals surface area contributed by atoms with Crippen LogP contribution in [0.5, 0.6) is 0 Å². The van der Waals surface area contributed by atoms with E-state index in [4.69, 9.17) is 16.6 Å². The lowest BCUT2D eigenvalue weighted by Crippen LogP contribution is -2.21. The molecule has 0 saturated carbocycles. The maximum Gasteiger partial charge on any atom is 0.337 e. The lowest BCUT2D eigenvalue weighted by atomic mass is 10.1. The average molecular weight is 253 g/mol. The van der Waals surface area contributed by atoms with Crippen LogP contribution in [0.3, 0.4) is 0 Å². The van der Waals surface area contributed by atoms with Crippen molar-refractivity contribution in [1.82, 2.24) is 4.90 Å². The molecule has 5 nitrogen and oxygen atoms in total. The Balaban J connectivity index is 0.000000360. The number of carboxylic acid groups (broad SMARTS) is 1. The molecule has 0 saturated heterocycles. The van der Waals surface area contributed by atoms with Gasteiger partial charge in [-0.15, -0.1) is 0 Å². The van der Waals surface area contributed by atoms with Crippen molar-refractivity contribution in [2.24, 2.45) is 0 Å². The Labute approximate surface area is 108 Å². The van der Waals surface area contributed by atoms with E-state index < -0.39 is 5.97 Å². The Morgan fingerprint density at radius 2 is 1.67 bits per heavy atom. The van der Waals surface area contributed by atoms with Crippen molar-refractivity contribution in [3.63, 3.8) is 0 Å². The number of aromatic carboxylic acids is 1. The number of carboxylic acids is 1. The number of carbonyl (C=O) groups is 1. The predicted molar refractivity (Wildman–Crippen MR) is 75.7 cm³/mol. The third kappa shape index (κ3) is 5.54. The molecule has 5 heteroatoms. The van der Waals surface area contributed by atoms with E-state index in [1.807, 2.05) is 0 Å². The topological polar surface area (TPSA) is 92.6 Å². The Kier molecular flexibility index (Phi) is 7.54. The Morgan fingerprint density at radius 3 is 1.94 bits per heavy atom. The van der Waals surface area contributed by atoms with Crippen molar-refractivity contribution in [1.29, 1.82) is 0 Å². The number of nitrogens with two attached hydrogens (primary N) is 2. The van der Waals surface area contributed by atoms with E-state index in [1.165, 1.54) is 37.8 Å². The minimum atomic E-state index is -1.04. The molecule has 0 aliphatic carbocycles. The molecule has 0 spiro atoms. The molecular weight excluding hydrogens is 230 g/mol. The Bertz CT molecular complexity index is 371. The monoisotopic (exact) mass is 253 g/mol. The van der Waals surface area contributed by atoms with Crippen LogP contribution in [0.4, 0.5) is 11.4 Å². The van der Waals surface area contributed by atoms with Gasteiger partial charge >= 0.3 is 5.97 Å². The highest BCUT2D eigenvalue weighted by atomic mass is 16.4. The first kappa shape index (κ1) is 16.2. The molecule has 5 N–H and O–H groups in total. The molecule has 1 aromatic rings. The number of hydrogen-bond donors (Lipinski definition) is 3. The first-order chi connectivity index (χ1) is 8.46. The largest absolute Gasteiger partial charge is 0.478 e. The van der Waals surface area contributed by atoms with Crippen molar-refractivity contribution in [3.8, 4) is 0 Å². The maximum atomic E-state index is 10.4. The molecule has 0 fully saturated rings. The predicted octanol–water partition coefficient (Wildman–Crippen LogP) is 1.90. The molecule has 0 heterocycles. The molecule has 0 bridgehead atoms. The van der Waals surface area contributed by atoms with Gasteiger partial charge in [0.2, 0.25) is 0 Å². The zero-order valence-electron chi connectivity index (χ0n) is 11.3. The van der Waals surface area contributed by atoms with E-state index in [1.54, 1.807) is 0 Å². The van der Waals surface area contributed by atoms with Crippen molar-refractivity contribution >= 4 is 17.3 Å². The number of nitrogens with zero attached hydrogens (tertiary/aromatic N) is 1. The van der Waals surface area contributed by atoms with Gasteiger partial charge in [0.25, 0.3) is 0 Å². The first-order valence-corrected chi connectivity index (χ1v) is 6.06. The highest BCUT2D eigenvalue weighted by Crippen LogP contribution is 2.14. The van der Waals surface area contributed by atoms with Crippen molar-refractivity contribution in [3.05, 3.63) is 23.8 Å². The maximum absolute atomic E-state index is 10.4. The number of benzene rings is 1. The van der Waals surface area contributed by atoms with Gasteiger partial charge < -0.3 is 21.5 Å². The fourth-order valence-electron chi connectivity index (χ4n) is 1.45. The summed E-state index contributed by atoms with van der Waals surface area (Å²) in [7, 11) is 0. The molecule has 1 rings (SSSR count). The van der Waals surface area contributed by atoms with E-state index in [9.17, 15) is 4.79 Å². The lowest BCUT2D eigenvalue weighted by molar-refractivity contribution is 0.0698. The van der Waals surface area contributed by atoms with Crippen LogP contribution < -0.4 is 11.5 Å². The number of anilines is 2. The molecule has 0 amide bonds. The summed E-state index contributed by atoms with van der Waals surface area (Å²) in [6, 6.07) is 4.30. The summed E-state index contributed by atoms with van der Waals surface area (Å²) < 4.78 is 0. The summed E-state index contributed by atoms with van der Waals surface area (Å²) in [5, 5.41) is 8.54. The van der Waals surface area contributed by atoms with Crippen LogP contribution in [0.15, 0.2) is 18.2 Å². The van der Waals surface area contributed by atoms with Crippen LogP contribution in [-0.2, 0) is 0 Å². The molecule has 0 aromatic heterocycles. The third-order valence-corrected chi connectivity index (χ3v) is 2.65. The first-order valence-electron chi connectivity index (χ1n) is 6.06. The van der Waals surface area contributed by atoms with E-state index >= 15 is 0 Å². The smallest absolute Gasteiger partial charge is 0.337 e. The van der Waals surface area contributed by atoms with Crippen LogP contribution in [0.2, 0.25) is 0 Å². The number of nitrogen functional groups attached to an aromatic ring is 2. The standard InChI is InChI=1S/C7H8N2O2.C6H15N/c8-4-1-2-5(7(10)11)6(9)3-4;1-4-7(5-2)6-3/h1-3H,8-9H2,(H,10,11);4-6H2,1-3H3. The van der Waals surface area contributed by atoms with E-state index in [-0.39, 0.29) is 11.3 Å². The second-order valence-electron chi connectivity index (χ2n) is 3.77. The molecule has 0 atom stereocenters. The molecule has 0 radical (unpaired) electrons. The van der Waals surface area contributed by atoms with Gasteiger partial charge in [-0.2, -0.15) is 0 Å². The van der Waals surface area contributed by atoms with Crippen molar-refractivity contribution in [2.45, 2.75) is 20.8 Å². The van der Waals surface area contributed by atoms with Gasteiger partial charge in [0.1, 0.15) is 0 Å². The summed E-state index contributed by atoms with van der Waals surface area (Å²) in [6.07, 6.45) is 0. The highest BCUT2D eigenvalue weighted by molar-refractivity contribution is 5.94. The van der Waals surface area contributed by atoms with E-state index in [2.05, 4.69) is 25.7 Å². The van der Waals surface area contributed by atoms with Crippen molar-refractivity contribution in [2.75, 3.05) is 31.1 Å². The molecular formula is C13H23N3O2. The zero-order valence-corrected chi connectivity index (χ0v) is 11.3. The molecule has 0 unspecified atom stereocenters. The molecule has 18 heavy (non-hydrogen) atoms. The van der Waals surface area contributed by atoms with Gasteiger partial charge in [0.15, 0.2) is 0 Å². The Morgan fingerprint density at radius 1 is 1.17 bits per heavy atom. The van der Waals surface area contributed by atoms with Gasteiger partial charge in [-0.1, -0.05) is 20.8 Å². The van der Waals surface area contributed by atoms with Crippen LogP contribution in [0.25, 0.3) is 0 Å². The SMILES string of the molecule is CCN(CC)CC.Nc1ccc(C(=O)O)c(N)c1. The number of hydrogen-bond acceptors (Lipinski definition) is 4. The fraction of sp³-hybridized carbons (Fsp3) is 0.462.